The van der Waals surface area contributed by atoms with Gasteiger partial charge in [-0.3, -0.25) is 19.8 Å². The van der Waals surface area contributed by atoms with Crippen LogP contribution in [0, 0.1) is 16.0 Å². The second-order valence-corrected chi connectivity index (χ2v) is 7.18. The van der Waals surface area contributed by atoms with Crippen molar-refractivity contribution in [1.29, 1.82) is 0 Å². The average Bonchev–Trinajstić information content (AvgIpc) is 2.64. The Labute approximate surface area is 159 Å². The van der Waals surface area contributed by atoms with Gasteiger partial charge in [-0.05, 0) is 36.5 Å². The van der Waals surface area contributed by atoms with Gasteiger partial charge in [-0.15, -0.1) is 0 Å². The van der Waals surface area contributed by atoms with Crippen molar-refractivity contribution in [2.45, 2.75) is 25.8 Å². The van der Waals surface area contributed by atoms with Crippen molar-refractivity contribution >= 4 is 17.3 Å². The number of non-ortho nitro benzene ring substituents is 1. The van der Waals surface area contributed by atoms with Crippen molar-refractivity contribution in [1.82, 2.24) is 4.90 Å². The van der Waals surface area contributed by atoms with Crippen LogP contribution < -0.4 is 4.90 Å². The lowest BCUT2D eigenvalue weighted by Crippen LogP contribution is -2.41. The second-order valence-electron chi connectivity index (χ2n) is 7.18. The molecule has 2 aromatic carbocycles. The molecule has 0 bridgehead atoms. The van der Waals surface area contributed by atoms with Gasteiger partial charge in [0.05, 0.1) is 11.5 Å². The third kappa shape index (κ3) is 5.14. The van der Waals surface area contributed by atoms with Gasteiger partial charge < -0.3 is 4.90 Å². The molecule has 0 aliphatic heterocycles. The maximum Gasteiger partial charge on any atom is 0.269 e. The SMILES string of the molecule is CN(C(=O)CN(Cc1ccccc1)CC1CCC1)c1ccc([N+](=O)[O-])cc1. The molecule has 0 N–H and O–H groups in total. The van der Waals surface area contributed by atoms with Crippen LogP contribution in [-0.4, -0.2) is 35.9 Å². The first-order chi connectivity index (χ1) is 13.0. The van der Waals surface area contributed by atoms with E-state index in [0.29, 0.717) is 18.2 Å². The predicted molar refractivity (Wildman–Crippen MR) is 106 cm³/mol. The average molecular weight is 367 g/mol. The van der Waals surface area contributed by atoms with E-state index in [0.717, 1.165) is 13.1 Å². The standard InChI is InChI=1S/C21H25N3O3/c1-22(19-10-12-20(13-11-19)24(26)27)21(25)16-23(15-18-8-5-9-18)14-17-6-3-2-4-7-17/h2-4,6-7,10-13,18H,5,8-9,14-16H2,1H3. The van der Waals surface area contributed by atoms with Gasteiger partial charge in [0.1, 0.15) is 0 Å². The van der Waals surface area contributed by atoms with Gasteiger partial charge in [0, 0.05) is 38.0 Å². The number of nitro groups is 1. The number of hydrogen-bond acceptors (Lipinski definition) is 4. The van der Waals surface area contributed by atoms with E-state index in [1.807, 2.05) is 18.2 Å². The normalized spacial score (nSPS) is 14.0. The zero-order valence-electron chi connectivity index (χ0n) is 15.6. The minimum absolute atomic E-state index is 0.0147. The Hall–Kier alpha value is -2.73. The lowest BCUT2D eigenvalue weighted by atomic mass is 9.85. The quantitative estimate of drug-likeness (QED) is 0.525. The summed E-state index contributed by atoms with van der Waals surface area (Å²) in [4.78, 5) is 26.9. The summed E-state index contributed by atoms with van der Waals surface area (Å²) in [6.45, 7) is 2.00. The van der Waals surface area contributed by atoms with Crippen LogP contribution in [0.5, 0.6) is 0 Å². The maximum atomic E-state index is 12.8. The van der Waals surface area contributed by atoms with Gasteiger partial charge in [0.15, 0.2) is 0 Å². The van der Waals surface area contributed by atoms with Crippen LogP contribution in [-0.2, 0) is 11.3 Å². The highest BCUT2D eigenvalue weighted by molar-refractivity contribution is 5.94. The Kier molecular flexibility index (Phi) is 6.19. The number of hydrogen-bond donors (Lipinski definition) is 0. The molecule has 6 nitrogen and oxygen atoms in total. The minimum Gasteiger partial charge on any atom is -0.314 e. The minimum atomic E-state index is -0.439. The molecule has 1 aliphatic carbocycles. The number of amides is 1. The maximum absolute atomic E-state index is 12.8. The van der Waals surface area contributed by atoms with Crippen molar-refractivity contribution in [3.63, 3.8) is 0 Å². The molecule has 27 heavy (non-hydrogen) atoms. The molecule has 142 valence electrons. The van der Waals surface area contributed by atoms with E-state index in [4.69, 9.17) is 0 Å². The fourth-order valence-corrected chi connectivity index (χ4v) is 3.31. The van der Waals surface area contributed by atoms with E-state index in [1.54, 1.807) is 24.1 Å². The van der Waals surface area contributed by atoms with Crippen LogP contribution in [0.15, 0.2) is 54.6 Å². The topological polar surface area (TPSA) is 66.7 Å². The number of carbonyl (C=O) groups excluding carboxylic acids is 1. The summed E-state index contributed by atoms with van der Waals surface area (Å²) in [6, 6.07) is 16.3. The van der Waals surface area contributed by atoms with Gasteiger partial charge in [0.2, 0.25) is 5.91 Å². The molecule has 1 amide bonds. The third-order valence-corrected chi connectivity index (χ3v) is 5.17. The number of nitrogens with zero attached hydrogens (tertiary/aromatic N) is 3. The highest BCUT2D eigenvalue weighted by atomic mass is 16.6. The fraction of sp³-hybridized carbons (Fsp3) is 0.381. The van der Waals surface area contributed by atoms with Gasteiger partial charge >= 0.3 is 0 Å². The van der Waals surface area contributed by atoms with E-state index in [9.17, 15) is 14.9 Å². The number of benzene rings is 2. The number of nitro benzene ring substituents is 1. The first kappa shape index (κ1) is 19.0. The Morgan fingerprint density at radius 1 is 1.11 bits per heavy atom. The second kappa shape index (κ2) is 8.77. The van der Waals surface area contributed by atoms with Crippen molar-refractivity contribution in [2.24, 2.45) is 5.92 Å². The summed E-state index contributed by atoms with van der Waals surface area (Å²) >= 11 is 0. The largest absolute Gasteiger partial charge is 0.314 e. The van der Waals surface area contributed by atoms with Crippen molar-refractivity contribution < 1.29 is 9.72 Å². The van der Waals surface area contributed by atoms with Gasteiger partial charge in [-0.2, -0.15) is 0 Å². The first-order valence-electron chi connectivity index (χ1n) is 9.30. The zero-order chi connectivity index (χ0) is 19.2. The molecule has 6 heteroatoms. The molecule has 1 aliphatic rings. The number of carbonyl (C=O) groups is 1. The molecule has 0 aromatic heterocycles. The molecule has 0 radical (unpaired) electrons. The molecule has 0 spiro atoms. The van der Waals surface area contributed by atoms with Crippen LogP contribution in [0.4, 0.5) is 11.4 Å². The monoisotopic (exact) mass is 367 g/mol. The smallest absolute Gasteiger partial charge is 0.269 e. The Bertz CT molecular complexity index is 773. The Morgan fingerprint density at radius 3 is 2.33 bits per heavy atom. The molecule has 1 fully saturated rings. The van der Waals surface area contributed by atoms with Gasteiger partial charge in [-0.1, -0.05) is 36.8 Å². The molecule has 0 atom stereocenters. The first-order valence-corrected chi connectivity index (χ1v) is 9.30. The van der Waals surface area contributed by atoms with Crippen molar-refractivity contribution in [3.8, 4) is 0 Å². The summed E-state index contributed by atoms with van der Waals surface area (Å²) in [7, 11) is 1.72. The summed E-state index contributed by atoms with van der Waals surface area (Å²) < 4.78 is 0. The van der Waals surface area contributed by atoms with Crippen LogP contribution in [0.25, 0.3) is 0 Å². The molecular formula is C21H25N3O3. The van der Waals surface area contributed by atoms with Crippen LogP contribution >= 0.6 is 0 Å². The molecular weight excluding hydrogens is 342 g/mol. The lowest BCUT2D eigenvalue weighted by molar-refractivity contribution is -0.384. The third-order valence-electron chi connectivity index (χ3n) is 5.17. The van der Waals surface area contributed by atoms with Crippen LogP contribution in [0.3, 0.4) is 0 Å². The van der Waals surface area contributed by atoms with Crippen LogP contribution in [0.2, 0.25) is 0 Å². The molecule has 0 saturated heterocycles. The van der Waals surface area contributed by atoms with Gasteiger partial charge in [-0.25, -0.2) is 0 Å². The van der Waals surface area contributed by atoms with E-state index in [1.165, 1.54) is 37.0 Å². The highest BCUT2D eigenvalue weighted by Gasteiger charge is 2.23. The number of anilines is 1. The van der Waals surface area contributed by atoms with Crippen molar-refractivity contribution in [3.05, 3.63) is 70.3 Å². The summed E-state index contributed by atoms with van der Waals surface area (Å²) in [5, 5.41) is 10.8. The van der Waals surface area contributed by atoms with E-state index >= 15 is 0 Å². The molecule has 0 heterocycles. The van der Waals surface area contributed by atoms with Gasteiger partial charge in [0.25, 0.3) is 5.69 Å². The molecule has 1 saturated carbocycles. The van der Waals surface area contributed by atoms with E-state index in [-0.39, 0.29) is 11.6 Å². The fourth-order valence-electron chi connectivity index (χ4n) is 3.31. The zero-order valence-corrected chi connectivity index (χ0v) is 15.6. The van der Waals surface area contributed by atoms with Crippen LogP contribution in [0.1, 0.15) is 24.8 Å². The highest BCUT2D eigenvalue weighted by Crippen LogP contribution is 2.27. The summed E-state index contributed by atoms with van der Waals surface area (Å²) in [5.74, 6) is 0.658. The Morgan fingerprint density at radius 2 is 1.78 bits per heavy atom. The molecule has 3 rings (SSSR count). The Balaban J connectivity index is 1.65. The number of rotatable bonds is 8. The molecule has 0 unspecified atom stereocenters. The van der Waals surface area contributed by atoms with E-state index < -0.39 is 4.92 Å². The number of likely N-dealkylation sites (N-methyl/N-ethyl adjacent to an activating group) is 1. The predicted octanol–water partition coefficient (Wildman–Crippen LogP) is 3.86. The van der Waals surface area contributed by atoms with E-state index in [2.05, 4.69) is 17.0 Å². The molecule has 2 aromatic rings. The van der Waals surface area contributed by atoms with Crippen molar-refractivity contribution in [2.75, 3.05) is 25.0 Å². The summed E-state index contributed by atoms with van der Waals surface area (Å²) in [5.41, 5.74) is 1.88. The lowest BCUT2D eigenvalue weighted by Gasteiger charge is -2.33. The summed E-state index contributed by atoms with van der Waals surface area (Å²) in [6.07, 6.45) is 3.75.